The normalized spacial score (nSPS) is 52.1. The predicted molar refractivity (Wildman–Crippen MR) is 101 cm³/mol. The van der Waals surface area contributed by atoms with E-state index in [9.17, 15) is 56.2 Å². The molecule has 0 aromatic heterocycles. The highest BCUT2D eigenvalue weighted by atomic mass is 16.8. The minimum absolute atomic E-state index is 0.777. The van der Waals surface area contributed by atoms with Gasteiger partial charge in [0.25, 0.3) is 0 Å². The molecule has 0 spiro atoms. The molecule has 0 amide bonds. The molecule has 0 bridgehead atoms. The number of hydrogen-bond donors (Lipinski definition) is 11. The van der Waals surface area contributed by atoms with Crippen LogP contribution >= 0.6 is 0 Å². The molecule has 3 heterocycles. The Bertz CT molecular complexity index is 651. The zero-order valence-corrected chi connectivity index (χ0v) is 17.8. The molecule has 0 aliphatic carbocycles. The zero-order chi connectivity index (χ0) is 25.4. The standard InChI is InChI=1S/C18H32O16/c19-1-5-8(23)11(26)13(28)16(30-5)32-15-10(25)7(3-21)33-18(15,4-22)34-17-14(29)12(27)9(24)6(2-20)31-17/h5-17,19-29H,1-4H2/t5-,6-,7-,8-,9-,10-,11+,12+,13+,14-,15+,16-,17+,18-/m1/s1. The predicted octanol–water partition coefficient (Wildman–Crippen LogP) is -7.57. The molecule has 14 atom stereocenters. The summed E-state index contributed by atoms with van der Waals surface area (Å²) < 4.78 is 27.0. The third-order valence-electron chi connectivity index (χ3n) is 6.17. The van der Waals surface area contributed by atoms with Crippen LogP contribution in [0.2, 0.25) is 0 Å². The molecule has 0 radical (unpaired) electrons. The van der Waals surface area contributed by atoms with E-state index in [4.69, 9.17) is 23.7 Å². The van der Waals surface area contributed by atoms with Crippen LogP contribution in [0, 0.1) is 0 Å². The van der Waals surface area contributed by atoms with Crippen LogP contribution in [0.1, 0.15) is 0 Å². The van der Waals surface area contributed by atoms with Crippen LogP contribution in [0.25, 0.3) is 0 Å². The van der Waals surface area contributed by atoms with Crippen LogP contribution < -0.4 is 0 Å². The lowest BCUT2D eigenvalue weighted by molar-refractivity contribution is -0.400. The molecule has 200 valence electrons. The molecule has 3 saturated heterocycles. The minimum Gasteiger partial charge on any atom is -0.394 e. The van der Waals surface area contributed by atoms with E-state index in [1.54, 1.807) is 0 Å². The number of hydrogen-bond acceptors (Lipinski definition) is 16. The van der Waals surface area contributed by atoms with Crippen molar-refractivity contribution in [1.82, 2.24) is 0 Å². The van der Waals surface area contributed by atoms with E-state index in [1.165, 1.54) is 0 Å². The molecule has 16 nitrogen and oxygen atoms in total. The summed E-state index contributed by atoms with van der Waals surface area (Å²) in [4.78, 5) is 0. The summed E-state index contributed by atoms with van der Waals surface area (Å²) in [5.41, 5.74) is 0. The highest BCUT2D eigenvalue weighted by Gasteiger charge is 2.61. The highest BCUT2D eigenvalue weighted by molar-refractivity contribution is 5.01. The lowest BCUT2D eigenvalue weighted by Crippen LogP contribution is -2.64. The number of ether oxygens (including phenoxy) is 5. The molecule has 0 unspecified atom stereocenters. The summed E-state index contributed by atoms with van der Waals surface area (Å²) in [6.45, 7) is -3.49. The molecule has 11 N–H and O–H groups in total. The maximum atomic E-state index is 10.6. The van der Waals surface area contributed by atoms with Gasteiger partial charge in [0.15, 0.2) is 12.6 Å². The number of aliphatic hydroxyl groups is 11. The van der Waals surface area contributed by atoms with E-state index in [0.29, 0.717) is 0 Å². The summed E-state index contributed by atoms with van der Waals surface area (Å²) in [5, 5.41) is 109. The second-order valence-electron chi connectivity index (χ2n) is 8.37. The van der Waals surface area contributed by atoms with Gasteiger partial charge in [-0.05, 0) is 0 Å². The smallest absolute Gasteiger partial charge is 0.224 e. The van der Waals surface area contributed by atoms with Gasteiger partial charge in [-0.3, -0.25) is 0 Å². The Labute approximate surface area is 192 Å². The first-order valence-electron chi connectivity index (χ1n) is 10.6. The lowest BCUT2D eigenvalue weighted by Gasteiger charge is -2.45. The van der Waals surface area contributed by atoms with E-state index in [2.05, 4.69) is 0 Å². The van der Waals surface area contributed by atoms with Gasteiger partial charge in [-0.2, -0.15) is 0 Å². The fourth-order valence-corrected chi connectivity index (χ4v) is 4.12. The van der Waals surface area contributed by atoms with Crippen LogP contribution in [-0.4, -0.2) is 168 Å². The first kappa shape index (κ1) is 27.9. The zero-order valence-electron chi connectivity index (χ0n) is 17.8. The third-order valence-corrected chi connectivity index (χ3v) is 6.17. The fraction of sp³-hybridized carbons (Fsp3) is 1.00. The summed E-state index contributed by atoms with van der Waals surface area (Å²) >= 11 is 0. The Hall–Kier alpha value is -0.640. The van der Waals surface area contributed by atoms with Crippen molar-refractivity contribution in [2.75, 3.05) is 26.4 Å². The van der Waals surface area contributed by atoms with E-state index in [1.807, 2.05) is 0 Å². The van der Waals surface area contributed by atoms with E-state index >= 15 is 0 Å². The first-order chi connectivity index (χ1) is 16.0. The molecule has 34 heavy (non-hydrogen) atoms. The van der Waals surface area contributed by atoms with Crippen molar-refractivity contribution in [2.45, 2.75) is 85.5 Å². The van der Waals surface area contributed by atoms with Gasteiger partial charge in [-0.1, -0.05) is 0 Å². The molecule has 16 heteroatoms. The Morgan fingerprint density at radius 3 is 1.50 bits per heavy atom. The van der Waals surface area contributed by atoms with Crippen molar-refractivity contribution in [2.24, 2.45) is 0 Å². The monoisotopic (exact) mass is 504 g/mol. The van der Waals surface area contributed by atoms with Crippen LogP contribution in [-0.2, 0) is 23.7 Å². The molecular weight excluding hydrogens is 472 g/mol. The molecule has 3 aliphatic heterocycles. The van der Waals surface area contributed by atoms with Gasteiger partial charge in [0.05, 0.1) is 19.8 Å². The van der Waals surface area contributed by atoms with Gasteiger partial charge in [0, 0.05) is 0 Å². The van der Waals surface area contributed by atoms with Gasteiger partial charge >= 0.3 is 0 Å². The largest absolute Gasteiger partial charge is 0.394 e. The quantitative estimate of drug-likeness (QED) is 0.146. The Balaban J connectivity index is 1.87. The summed E-state index contributed by atoms with van der Waals surface area (Å²) in [5.74, 6) is -2.43. The molecule has 0 saturated carbocycles. The average Bonchev–Trinajstić information content (AvgIpc) is 3.10. The average molecular weight is 504 g/mol. The Kier molecular flexibility index (Phi) is 9.18. The topological polar surface area (TPSA) is 269 Å². The van der Waals surface area contributed by atoms with Crippen molar-refractivity contribution >= 4 is 0 Å². The van der Waals surface area contributed by atoms with Crippen molar-refractivity contribution in [3.8, 4) is 0 Å². The van der Waals surface area contributed by atoms with Crippen molar-refractivity contribution < 1.29 is 79.9 Å². The number of rotatable bonds is 8. The van der Waals surface area contributed by atoms with E-state index in [-0.39, 0.29) is 0 Å². The molecule has 0 aromatic rings. The van der Waals surface area contributed by atoms with Gasteiger partial charge < -0.3 is 79.9 Å². The van der Waals surface area contributed by atoms with Gasteiger partial charge in [0.1, 0.15) is 73.8 Å². The van der Waals surface area contributed by atoms with Gasteiger partial charge in [-0.15, -0.1) is 0 Å². The van der Waals surface area contributed by atoms with Crippen LogP contribution in [0.4, 0.5) is 0 Å². The number of aliphatic hydroxyl groups excluding tert-OH is 11. The van der Waals surface area contributed by atoms with Crippen molar-refractivity contribution in [3.63, 3.8) is 0 Å². The maximum Gasteiger partial charge on any atom is 0.224 e. The van der Waals surface area contributed by atoms with Crippen molar-refractivity contribution in [1.29, 1.82) is 0 Å². The third kappa shape index (κ3) is 4.96. The van der Waals surface area contributed by atoms with E-state index in [0.717, 1.165) is 0 Å². The van der Waals surface area contributed by atoms with E-state index < -0.39 is 112 Å². The van der Waals surface area contributed by atoms with Crippen molar-refractivity contribution in [3.05, 3.63) is 0 Å². The molecule has 0 aromatic carbocycles. The summed E-state index contributed by atoms with van der Waals surface area (Å²) in [6, 6.07) is 0. The van der Waals surface area contributed by atoms with Gasteiger partial charge in [0.2, 0.25) is 5.79 Å². The first-order valence-corrected chi connectivity index (χ1v) is 10.6. The second-order valence-corrected chi connectivity index (χ2v) is 8.37. The molecular formula is C18H32O16. The SMILES string of the molecule is OC[C@H]1O[C@](CO)(O[C@@H]2O[C@H](CO)[C@@H](O)[C@H](O)[C@H]2O)[C@@H](O[C@H]2O[C@H](CO)[C@@H](O)[C@H](O)[C@@H]2O)[C@@H]1O. The summed E-state index contributed by atoms with van der Waals surface area (Å²) in [7, 11) is 0. The van der Waals surface area contributed by atoms with Crippen LogP contribution in [0.15, 0.2) is 0 Å². The van der Waals surface area contributed by atoms with Crippen LogP contribution in [0.5, 0.6) is 0 Å². The maximum absolute atomic E-state index is 10.6. The Morgan fingerprint density at radius 2 is 1.03 bits per heavy atom. The molecule has 3 aliphatic rings. The molecule has 3 rings (SSSR count). The minimum atomic E-state index is -2.43. The lowest BCUT2D eigenvalue weighted by atomic mass is 9.98. The summed E-state index contributed by atoms with van der Waals surface area (Å²) in [6.07, 6.45) is -22.3. The highest BCUT2D eigenvalue weighted by Crippen LogP contribution is 2.39. The fourth-order valence-electron chi connectivity index (χ4n) is 4.12. The van der Waals surface area contributed by atoms with Gasteiger partial charge in [-0.25, -0.2) is 0 Å². The van der Waals surface area contributed by atoms with Crippen LogP contribution in [0.3, 0.4) is 0 Å². The second kappa shape index (κ2) is 11.2. The Morgan fingerprint density at radius 1 is 0.559 bits per heavy atom. The molecule has 3 fully saturated rings.